The Hall–Kier alpha value is -4.49. The lowest BCUT2D eigenvalue weighted by Gasteiger charge is -2.24. The minimum absolute atomic E-state index is 0.0705. The van der Waals surface area contributed by atoms with E-state index in [9.17, 15) is 38.3 Å². The van der Waals surface area contributed by atoms with Crippen molar-refractivity contribution in [3.63, 3.8) is 0 Å². The van der Waals surface area contributed by atoms with Crippen molar-refractivity contribution in [3.8, 4) is 16.9 Å². The van der Waals surface area contributed by atoms with E-state index in [1.165, 1.54) is 24.3 Å². The summed E-state index contributed by atoms with van der Waals surface area (Å²) in [5.74, 6) is -0.460. The Bertz CT molecular complexity index is 1600. The number of ether oxygens (including phenoxy) is 1. The number of nitrogens with one attached hydrogen (secondary N) is 1. The van der Waals surface area contributed by atoms with Crippen molar-refractivity contribution < 1.29 is 37.9 Å². The van der Waals surface area contributed by atoms with Gasteiger partial charge in [-0.05, 0) is 66.5 Å². The summed E-state index contributed by atoms with van der Waals surface area (Å²) in [7, 11) is -3.77. The Balaban J connectivity index is 1.46. The van der Waals surface area contributed by atoms with E-state index in [0.29, 0.717) is 12.2 Å². The van der Waals surface area contributed by atoms with Gasteiger partial charge in [-0.1, -0.05) is 48.9 Å². The summed E-state index contributed by atoms with van der Waals surface area (Å²) in [6.45, 7) is -0.165. The number of benzene rings is 3. The summed E-state index contributed by atoms with van der Waals surface area (Å²) in [4.78, 5) is 36.1. The van der Waals surface area contributed by atoms with Crippen molar-refractivity contribution in [2.45, 2.75) is 50.7 Å². The molecule has 0 unspecified atom stereocenters. The fraction of sp³-hybridized carbons (Fsp3) is 0.355. The Morgan fingerprint density at radius 3 is 2.36 bits per heavy atom. The van der Waals surface area contributed by atoms with E-state index in [-0.39, 0.29) is 36.0 Å². The van der Waals surface area contributed by atoms with Gasteiger partial charge in [0.1, 0.15) is 5.75 Å². The third-order valence-corrected chi connectivity index (χ3v) is 7.99. The number of non-ortho nitro benzene ring substituents is 1. The summed E-state index contributed by atoms with van der Waals surface area (Å²) < 4.78 is 31.6. The number of carbonyl (C=O) groups is 2. The maximum atomic E-state index is 12.7. The van der Waals surface area contributed by atoms with Gasteiger partial charge in [0.05, 0.1) is 35.5 Å². The molecule has 12 nitrogen and oxygen atoms in total. The predicted octanol–water partition coefficient (Wildman–Crippen LogP) is 4.92. The lowest BCUT2D eigenvalue weighted by molar-refractivity contribution is -0.385. The fourth-order valence-electron chi connectivity index (χ4n) is 5.13. The van der Waals surface area contributed by atoms with Gasteiger partial charge in [-0.25, -0.2) is 17.9 Å². The summed E-state index contributed by atoms with van der Waals surface area (Å²) >= 11 is 0. The SMILES string of the molecule is CS(=O)(=O)NC(=O)c1ccc(-c2ccc(CCN(C[C@@H](O)c3cccc([N+](=O)[O-])c3)C(=O)O)cc2)cc1OC1CCCCC1. The Morgan fingerprint density at radius 1 is 1.05 bits per heavy atom. The topological polar surface area (TPSA) is 176 Å². The van der Waals surface area contributed by atoms with Crippen molar-refractivity contribution in [1.29, 1.82) is 0 Å². The van der Waals surface area contributed by atoms with Crippen LogP contribution in [0.3, 0.4) is 0 Å². The molecule has 1 saturated carbocycles. The third kappa shape index (κ3) is 9.01. The number of aliphatic hydroxyl groups is 1. The highest BCUT2D eigenvalue weighted by Crippen LogP contribution is 2.31. The second-order valence-electron chi connectivity index (χ2n) is 10.8. The van der Waals surface area contributed by atoms with Crippen LogP contribution in [0.5, 0.6) is 5.75 Å². The van der Waals surface area contributed by atoms with Gasteiger partial charge in [0, 0.05) is 18.7 Å². The number of nitro groups is 1. The number of aliphatic hydroxyl groups excluding tert-OH is 1. The number of sulfonamides is 1. The van der Waals surface area contributed by atoms with Gasteiger partial charge in [0.2, 0.25) is 10.0 Å². The van der Waals surface area contributed by atoms with Crippen molar-refractivity contribution in [2.75, 3.05) is 19.3 Å². The molecule has 13 heteroatoms. The minimum Gasteiger partial charge on any atom is -0.490 e. The zero-order chi connectivity index (χ0) is 31.9. The molecule has 3 aromatic rings. The van der Waals surface area contributed by atoms with Crippen LogP contribution in [0, 0.1) is 10.1 Å². The molecule has 44 heavy (non-hydrogen) atoms. The van der Waals surface area contributed by atoms with Crippen LogP contribution in [0.15, 0.2) is 66.7 Å². The molecule has 1 aliphatic rings. The van der Waals surface area contributed by atoms with Crippen molar-refractivity contribution in [1.82, 2.24) is 9.62 Å². The highest BCUT2D eigenvalue weighted by Gasteiger charge is 2.22. The molecule has 4 rings (SSSR count). The molecule has 0 spiro atoms. The average molecular weight is 626 g/mol. The molecule has 0 heterocycles. The molecule has 3 aromatic carbocycles. The van der Waals surface area contributed by atoms with Gasteiger partial charge < -0.3 is 19.8 Å². The summed E-state index contributed by atoms with van der Waals surface area (Å²) in [5.41, 5.74) is 2.60. The van der Waals surface area contributed by atoms with Gasteiger partial charge in [-0.3, -0.25) is 14.9 Å². The summed E-state index contributed by atoms with van der Waals surface area (Å²) in [6, 6.07) is 17.8. The minimum atomic E-state index is -3.77. The van der Waals surface area contributed by atoms with E-state index in [1.54, 1.807) is 18.2 Å². The first-order valence-electron chi connectivity index (χ1n) is 14.2. The molecule has 0 bridgehead atoms. The van der Waals surface area contributed by atoms with Gasteiger partial charge >= 0.3 is 6.09 Å². The maximum Gasteiger partial charge on any atom is 0.407 e. The van der Waals surface area contributed by atoms with Crippen LogP contribution in [0.4, 0.5) is 10.5 Å². The number of amides is 2. The van der Waals surface area contributed by atoms with Gasteiger partial charge in [-0.15, -0.1) is 0 Å². The standard InChI is InChI=1S/C31H35N3O9S/c1-44(41,42)32-30(36)27-15-14-23(19-29(27)43-26-8-3-2-4-9-26)22-12-10-21(11-13-22)16-17-33(31(37)38)20-28(35)24-6-5-7-25(18-24)34(39)40/h5-7,10-15,18-19,26,28,35H,2-4,8-9,16-17,20H2,1H3,(H,32,36)(H,37,38)/t28-/m1/s1. The largest absolute Gasteiger partial charge is 0.490 e. The Morgan fingerprint density at radius 2 is 1.73 bits per heavy atom. The molecular formula is C31H35N3O9S. The number of hydrogen-bond donors (Lipinski definition) is 3. The van der Waals surface area contributed by atoms with Gasteiger partial charge in [0.15, 0.2) is 0 Å². The maximum absolute atomic E-state index is 12.7. The van der Waals surface area contributed by atoms with Crippen molar-refractivity contribution in [2.24, 2.45) is 0 Å². The Labute approximate surface area is 255 Å². The molecule has 0 saturated heterocycles. The normalized spacial score (nSPS) is 14.4. The molecular weight excluding hydrogens is 590 g/mol. The number of rotatable bonds is 12. The van der Waals surface area contributed by atoms with Gasteiger partial charge in [-0.2, -0.15) is 0 Å². The van der Waals surface area contributed by atoms with Crippen molar-refractivity contribution in [3.05, 3.63) is 93.5 Å². The molecule has 3 N–H and O–H groups in total. The number of carbonyl (C=O) groups excluding carboxylic acids is 1. The second kappa shape index (κ2) is 14.3. The Kier molecular flexibility index (Phi) is 10.6. The van der Waals surface area contributed by atoms with Crippen LogP contribution in [-0.4, -0.2) is 65.9 Å². The molecule has 1 fully saturated rings. The molecule has 1 aliphatic carbocycles. The summed E-state index contributed by atoms with van der Waals surface area (Å²) in [5, 5.41) is 31.3. The first-order valence-corrected chi connectivity index (χ1v) is 16.1. The fourth-order valence-corrected chi connectivity index (χ4v) is 5.57. The quantitative estimate of drug-likeness (QED) is 0.186. The van der Waals surface area contributed by atoms with E-state index in [0.717, 1.165) is 60.0 Å². The second-order valence-corrected chi connectivity index (χ2v) is 12.6. The van der Waals surface area contributed by atoms with Crippen LogP contribution >= 0.6 is 0 Å². The lowest BCUT2D eigenvalue weighted by atomic mass is 9.97. The van der Waals surface area contributed by atoms with E-state index in [2.05, 4.69) is 0 Å². The molecule has 234 valence electrons. The highest BCUT2D eigenvalue weighted by molar-refractivity contribution is 7.89. The average Bonchev–Trinajstić information content (AvgIpc) is 2.99. The number of hydrogen-bond acceptors (Lipinski definition) is 8. The smallest absolute Gasteiger partial charge is 0.407 e. The highest BCUT2D eigenvalue weighted by atomic mass is 32.2. The van der Waals surface area contributed by atoms with Crippen LogP contribution in [0.25, 0.3) is 11.1 Å². The van der Waals surface area contributed by atoms with Crippen LogP contribution < -0.4 is 9.46 Å². The van der Waals surface area contributed by atoms with E-state index in [4.69, 9.17) is 4.74 Å². The van der Waals surface area contributed by atoms with Crippen LogP contribution in [0.2, 0.25) is 0 Å². The molecule has 0 radical (unpaired) electrons. The number of carboxylic acid groups (broad SMARTS) is 1. The van der Waals surface area contributed by atoms with Crippen LogP contribution in [-0.2, 0) is 16.4 Å². The molecule has 2 amide bonds. The molecule has 0 aromatic heterocycles. The summed E-state index contributed by atoms with van der Waals surface area (Å²) in [6.07, 6.45) is 3.59. The predicted molar refractivity (Wildman–Crippen MR) is 163 cm³/mol. The third-order valence-electron chi connectivity index (χ3n) is 7.44. The van der Waals surface area contributed by atoms with Gasteiger partial charge in [0.25, 0.3) is 11.6 Å². The molecule has 1 atom stereocenters. The molecule has 0 aliphatic heterocycles. The number of nitro benzene ring substituents is 1. The first-order chi connectivity index (χ1) is 20.9. The van der Waals surface area contributed by atoms with Crippen molar-refractivity contribution >= 4 is 27.7 Å². The zero-order valence-electron chi connectivity index (χ0n) is 24.2. The lowest BCUT2D eigenvalue weighted by Crippen LogP contribution is -2.35. The van der Waals surface area contributed by atoms with E-state index < -0.39 is 33.1 Å². The van der Waals surface area contributed by atoms with Crippen LogP contribution in [0.1, 0.15) is 59.7 Å². The first kappa shape index (κ1) is 32.4. The number of nitrogens with zero attached hydrogens (tertiary/aromatic N) is 2. The monoisotopic (exact) mass is 625 g/mol. The van der Waals surface area contributed by atoms with E-state index in [1.807, 2.05) is 29.0 Å². The zero-order valence-corrected chi connectivity index (χ0v) is 25.0. The van der Waals surface area contributed by atoms with E-state index >= 15 is 0 Å².